The van der Waals surface area contributed by atoms with E-state index in [0.29, 0.717) is 0 Å². The minimum Gasteiger partial charge on any atom is -0.412 e. The van der Waals surface area contributed by atoms with E-state index in [1.807, 2.05) is 0 Å². The van der Waals surface area contributed by atoms with E-state index in [1.54, 1.807) is 0 Å². The zero-order chi connectivity index (χ0) is 13.5. The molecule has 19 heavy (non-hydrogen) atoms. The largest absolute Gasteiger partial charge is 0.412 e. The number of rotatable bonds is 7. The third kappa shape index (κ3) is 6.29. The van der Waals surface area contributed by atoms with Crippen molar-refractivity contribution in [2.24, 2.45) is 29.6 Å². The molecule has 1 saturated carbocycles. The monoisotopic (exact) mass is 270 g/mol. The summed E-state index contributed by atoms with van der Waals surface area (Å²) in [5.74, 6) is 4.88. The molecule has 4 unspecified atom stereocenters. The normalized spacial score (nSPS) is 26.8. The molecule has 0 radical (unpaired) electrons. The summed E-state index contributed by atoms with van der Waals surface area (Å²) in [6, 6.07) is 0. The first-order chi connectivity index (χ1) is 8.58. The summed E-state index contributed by atoms with van der Waals surface area (Å²) in [5, 5.41) is 0. The van der Waals surface area contributed by atoms with Crippen molar-refractivity contribution in [1.29, 1.82) is 0 Å². The summed E-state index contributed by atoms with van der Waals surface area (Å²) in [6.07, 6.45) is 11.7. The highest BCUT2D eigenvalue weighted by Gasteiger charge is 2.29. The van der Waals surface area contributed by atoms with Gasteiger partial charge in [0.25, 0.3) is 0 Å². The molecule has 2 N–H and O–H groups in total. The lowest BCUT2D eigenvalue weighted by molar-refractivity contribution is 0.143. The molecule has 1 rings (SSSR count). The van der Waals surface area contributed by atoms with Crippen LogP contribution in [0.5, 0.6) is 0 Å². The quantitative estimate of drug-likeness (QED) is 0.587. The summed E-state index contributed by atoms with van der Waals surface area (Å²) in [5.41, 5.74) is 0. The van der Waals surface area contributed by atoms with E-state index in [-0.39, 0.29) is 5.48 Å². The molecule has 0 spiro atoms. The molecule has 0 bridgehead atoms. The first-order valence-corrected chi connectivity index (χ1v) is 8.58. The molecule has 1 heteroatoms. The molecule has 1 aliphatic rings. The maximum atomic E-state index is 2.55. The van der Waals surface area contributed by atoms with Gasteiger partial charge in [-0.1, -0.05) is 73.1 Å². The lowest BCUT2D eigenvalue weighted by Gasteiger charge is -2.36. The molecule has 0 aromatic carbocycles. The first-order valence-electron chi connectivity index (χ1n) is 8.58. The van der Waals surface area contributed by atoms with Crippen LogP contribution in [0.1, 0.15) is 86.0 Å². The second kappa shape index (κ2) is 9.80. The van der Waals surface area contributed by atoms with Crippen LogP contribution in [0.25, 0.3) is 0 Å². The summed E-state index contributed by atoms with van der Waals surface area (Å²) < 4.78 is 0. The Labute approximate surface area is 121 Å². The summed E-state index contributed by atoms with van der Waals surface area (Å²) in [6.45, 7) is 12.1. The summed E-state index contributed by atoms with van der Waals surface area (Å²) in [7, 11) is 0. The Balaban J connectivity index is 0.00000324. The van der Waals surface area contributed by atoms with Crippen molar-refractivity contribution in [2.75, 3.05) is 0 Å². The highest BCUT2D eigenvalue weighted by atomic mass is 16.0. The van der Waals surface area contributed by atoms with E-state index in [1.165, 1.54) is 51.4 Å². The van der Waals surface area contributed by atoms with Gasteiger partial charge < -0.3 is 5.48 Å². The van der Waals surface area contributed by atoms with Crippen LogP contribution >= 0.6 is 0 Å². The highest BCUT2D eigenvalue weighted by Crippen LogP contribution is 2.40. The van der Waals surface area contributed by atoms with Crippen LogP contribution in [-0.2, 0) is 0 Å². The van der Waals surface area contributed by atoms with E-state index >= 15 is 0 Å². The van der Waals surface area contributed by atoms with Crippen molar-refractivity contribution in [3.63, 3.8) is 0 Å². The number of hydrogen-bond acceptors (Lipinski definition) is 0. The topological polar surface area (TPSA) is 31.5 Å². The molecule has 0 heterocycles. The van der Waals surface area contributed by atoms with Crippen LogP contribution in [0.2, 0.25) is 0 Å². The molecular weight excluding hydrogens is 232 g/mol. The zero-order valence-corrected chi connectivity index (χ0v) is 14.0. The maximum Gasteiger partial charge on any atom is -0.0383 e. The van der Waals surface area contributed by atoms with Crippen molar-refractivity contribution in [1.82, 2.24) is 0 Å². The second-order valence-corrected chi connectivity index (χ2v) is 7.20. The van der Waals surface area contributed by atoms with Crippen LogP contribution in [0.4, 0.5) is 0 Å². The Hall–Kier alpha value is -0.0400. The van der Waals surface area contributed by atoms with Crippen LogP contribution in [0.3, 0.4) is 0 Å². The van der Waals surface area contributed by atoms with Gasteiger partial charge in [-0.3, -0.25) is 0 Å². The molecule has 0 saturated heterocycles. The van der Waals surface area contributed by atoms with Crippen LogP contribution in [0.15, 0.2) is 0 Å². The van der Waals surface area contributed by atoms with Gasteiger partial charge in [0.05, 0.1) is 0 Å². The third-order valence-corrected chi connectivity index (χ3v) is 5.53. The van der Waals surface area contributed by atoms with Gasteiger partial charge in [-0.25, -0.2) is 0 Å². The molecular formula is C18H38O. The van der Waals surface area contributed by atoms with Gasteiger partial charge in [0.1, 0.15) is 0 Å². The fourth-order valence-corrected chi connectivity index (χ4v) is 3.95. The molecule has 0 aliphatic heterocycles. The molecule has 1 fully saturated rings. The first kappa shape index (κ1) is 19.0. The Bertz CT molecular complexity index is 212. The summed E-state index contributed by atoms with van der Waals surface area (Å²) in [4.78, 5) is 0. The van der Waals surface area contributed by atoms with E-state index in [0.717, 1.165) is 29.6 Å². The van der Waals surface area contributed by atoms with Gasteiger partial charge in [-0.2, -0.15) is 0 Å². The van der Waals surface area contributed by atoms with Crippen LogP contribution in [-0.4, -0.2) is 5.48 Å². The average molecular weight is 271 g/mol. The van der Waals surface area contributed by atoms with Gasteiger partial charge in [0.2, 0.25) is 0 Å². The Morgan fingerprint density at radius 2 is 1.68 bits per heavy atom. The minimum absolute atomic E-state index is 0. The minimum atomic E-state index is 0. The SMILES string of the molecule is CCC1CCCC(C(C)C(CC)CCC(C)C)C1.O. The van der Waals surface area contributed by atoms with Gasteiger partial charge in [0, 0.05) is 0 Å². The van der Waals surface area contributed by atoms with Gasteiger partial charge in [0.15, 0.2) is 0 Å². The highest BCUT2D eigenvalue weighted by molar-refractivity contribution is 4.79. The molecule has 0 aromatic rings. The van der Waals surface area contributed by atoms with Gasteiger partial charge in [-0.05, 0) is 42.4 Å². The molecule has 1 aliphatic carbocycles. The van der Waals surface area contributed by atoms with Gasteiger partial charge >= 0.3 is 0 Å². The van der Waals surface area contributed by atoms with E-state index in [2.05, 4.69) is 34.6 Å². The predicted molar refractivity (Wildman–Crippen MR) is 86.4 cm³/mol. The van der Waals surface area contributed by atoms with E-state index in [9.17, 15) is 0 Å². The second-order valence-electron chi connectivity index (χ2n) is 7.20. The summed E-state index contributed by atoms with van der Waals surface area (Å²) >= 11 is 0. The van der Waals surface area contributed by atoms with Crippen molar-refractivity contribution in [3.8, 4) is 0 Å². The zero-order valence-electron chi connectivity index (χ0n) is 14.0. The van der Waals surface area contributed by atoms with Crippen molar-refractivity contribution >= 4 is 0 Å². The molecule has 0 aromatic heterocycles. The average Bonchev–Trinajstić information content (AvgIpc) is 2.39. The Morgan fingerprint density at radius 1 is 1.00 bits per heavy atom. The van der Waals surface area contributed by atoms with Crippen molar-refractivity contribution < 1.29 is 5.48 Å². The van der Waals surface area contributed by atoms with Crippen molar-refractivity contribution in [2.45, 2.75) is 86.0 Å². The fourth-order valence-electron chi connectivity index (χ4n) is 3.95. The van der Waals surface area contributed by atoms with E-state index < -0.39 is 0 Å². The Morgan fingerprint density at radius 3 is 2.21 bits per heavy atom. The van der Waals surface area contributed by atoms with Crippen LogP contribution < -0.4 is 0 Å². The molecule has 116 valence electrons. The standard InChI is InChI=1S/C18H36.H2O/c1-6-16-9-8-10-18(13-16)15(5)17(7-2)12-11-14(3)4;/h14-18H,6-13H2,1-5H3;1H2. The van der Waals surface area contributed by atoms with Crippen molar-refractivity contribution in [3.05, 3.63) is 0 Å². The lowest BCUT2D eigenvalue weighted by Crippen LogP contribution is -2.26. The molecule has 1 nitrogen and oxygen atoms in total. The fraction of sp³-hybridized carbons (Fsp3) is 1.00. The lowest BCUT2D eigenvalue weighted by atomic mass is 9.69. The Kier molecular flexibility index (Phi) is 9.78. The van der Waals surface area contributed by atoms with E-state index in [4.69, 9.17) is 0 Å². The maximum absolute atomic E-state index is 2.55. The van der Waals surface area contributed by atoms with Gasteiger partial charge in [-0.15, -0.1) is 0 Å². The number of hydrogen-bond donors (Lipinski definition) is 0. The predicted octanol–water partition coefficient (Wildman–Crippen LogP) is 5.48. The molecule has 0 amide bonds. The molecule has 4 atom stereocenters. The third-order valence-electron chi connectivity index (χ3n) is 5.53. The smallest absolute Gasteiger partial charge is 0.0383 e. The van der Waals surface area contributed by atoms with Crippen LogP contribution in [0, 0.1) is 29.6 Å².